The van der Waals surface area contributed by atoms with Crippen LogP contribution in [0, 0.1) is 0 Å². The minimum atomic E-state index is -0.317. The summed E-state index contributed by atoms with van der Waals surface area (Å²) in [5.74, 6) is 0.543. The maximum absolute atomic E-state index is 13.4. The largest absolute Gasteiger partial charge is 0.495 e. The lowest BCUT2D eigenvalue weighted by molar-refractivity contribution is 0.102. The maximum atomic E-state index is 13.4. The summed E-state index contributed by atoms with van der Waals surface area (Å²) in [4.78, 5) is 18.1. The van der Waals surface area contributed by atoms with Gasteiger partial charge in [0.25, 0.3) is 5.91 Å². The molecule has 0 unspecified atom stereocenters. The van der Waals surface area contributed by atoms with Crippen molar-refractivity contribution in [3.8, 4) is 22.8 Å². The van der Waals surface area contributed by atoms with E-state index in [-0.39, 0.29) is 5.91 Å². The number of hydrogen-bond acceptors (Lipinski definition) is 5. The van der Waals surface area contributed by atoms with E-state index >= 15 is 0 Å². The molecule has 2 aromatic heterocycles. The predicted octanol–water partition coefficient (Wildman–Crippen LogP) is 5.04. The van der Waals surface area contributed by atoms with E-state index in [0.717, 1.165) is 5.56 Å². The lowest BCUT2D eigenvalue weighted by Crippen LogP contribution is -2.14. The first-order valence-electron chi connectivity index (χ1n) is 9.70. The van der Waals surface area contributed by atoms with Gasteiger partial charge in [-0.15, -0.1) is 0 Å². The van der Waals surface area contributed by atoms with Crippen molar-refractivity contribution >= 4 is 34.2 Å². The van der Waals surface area contributed by atoms with Gasteiger partial charge in [0.05, 0.1) is 47.8 Å². The molecule has 8 heteroatoms. The number of halogens is 1. The van der Waals surface area contributed by atoms with Crippen molar-refractivity contribution in [3.63, 3.8) is 0 Å². The number of nitrogens with one attached hydrogen (secondary N) is 1. The summed E-state index contributed by atoms with van der Waals surface area (Å²) in [7, 11) is 3.02. The Kier molecular flexibility index (Phi) is 5.77. The Bertz CT molecular complexity index is 1250. The first kappa shape index (κ1) is 20.7. The second-order valence-electron chi connectivity index (χ2n) is 6.76. The van der Waals surface area contributed by atoms with Gasteiger partial charge in [0.1, 0.15) is 11.5 Å². The third kappa shape index (κ3) is 3.92. The average molecular weight is 437 g/mol. The summed E-state index contributed by atoms with van der Waals surface area (Å²) >= 11 is 6.18. The Morgan fingerprint density at radius 2 is 1.84 bits per heavy atom. The maximum Gasteiger partial charge on any atom is 0.256 e. The normalized spacial score (nSPS) is 10.8. The molecule has 4 rings (SSSR count). The fourth-order valence-corrected chi connectivity index (χ4v) is 3.60. The highest BCUT2D eigenvalue weighted by Gasteiger charge is 2.19. The van der Waals surface area contributed by atoms with Gasteiger partial charge in [-0.2, -0.15) is 5.10 Å². The van der Waals surface area contributed by atoms with Gasteiger partial charge in [-0.25, -0.2) is 9.67 Å². The molecule has 0 saturated carbocycles. The number of aromatic nitrogens is 3. The zero-order chi connectivity index (χ0) is 22.0. The Hall–Kier alpha value is -3.58. The van der Waals surface area contributed by atoms with Crippen molar-refractivity contribution in [1.29, 1.82) is 0 Å². The van der Waals surface area contributed by atoms with Crippen molar-refractivity contribution in [2.45, 2.75) is 13.5 Å². The van der Waals surface area contributed by atoms with Gasteiger partial charge >= 0.3 is 0 Å². The number of aryl methyl sites for hydroxylation is 1. The molecular weight excluding hydrogens is 416 g/mol. The molecule has 0 bridgehead atoms. The summed E-state index contributed by atoms with van der Waals surface area (Å²) in [5.41, 5.74) is 3.15. The molecule has 158 valence electrons. The molecule has 2 aromatic carbocycles. The molecule has 0 atom stereocenters. The number of carbonyl (C=O) groups is 1. The average Bonchev–Trinajstić information content (AvgIpc) is 3.22. The number of carbonyl (C=O) groups excluding carboxylic acids is 1. The van der Waals surface area contributed by atoms with Crippen LogP contribution in [0.5, 0.6) is 11.5 Å². The third-order valence-electron chi connectivity index (χ3n) is 4.95. The number of nitrogens with zero attached hydrogens (tertiary/aromatic N) is 3. The first-order chi connectivity index (χ1) is 15.0. The van der Waals surface area contributed by atoms with Crippen LogP contribution in [0.15, 0.2) is 54.7 Å². The van der Waals surface area contributed by atoms with Gasteiger partial charge in [-0.05, 0) is 13.0 Å². The summed E-state index contributed by atoms with van der Waals surface area (Å²) < 4.78 is 12.4. The van der Waals surface area contributed by atoms with Crippen molar-refractivity contribution in [1.82, 2.24) is 14.8 Å². The molecule has 0 spiro atoms. The van der Waals surface area contributed by atoms with Crippen LogP contribution in [0.4, 0.5) is 5.69 Å². The van der Waals surface area contributed by atoms with E-state index < -0.39 is 0 Å². The lowest BCUT2D eigenvalue weighted by atomic mass is 10.1. The van der Waals surface area contributed by atoms with E-state index in [4.69, 9.17) is 26.1 Å². The van der Waals surface area contributed by atoms with E-state index in [1.165, 1.54) is 14.2 Å². The van der Waals surface area contributed by atoms with Crippen LogP contribution in [0.3, 0.4) is 0 Å². The van der Waals surface area contributed by atoms with Crippen molar-refractivity contribution < 1.29 is 14.3 Å². The Labute approximate surface area is 184 Å². The van der Waals surface area contributed by atoms with Gasteiger partial charge < -0.3 is 14.8 Å². The Morgan fingerprint density at radius 1 is 1.10 bits per heavy atom. The van der Waals surface area contributed by atoms with Crippen LogP contribution >= 0.6 is 11.6 Å². The number of hydrogen-bond donors (Lipinski definition) is 1. The molecule has 0 aliphatic rings. The summed E-state index contributed by atoms with van der Waals surface area (Å²) in [5, 5.41) is 8.35. The molecule has 7 nitrogen and oxygen atoms in total. The van der Waals surface area contributed by atoms with E-state index in [9.17, 15) is 4.79 Å². The SMILES string of the molecule is CCn1ncc2c(C(=O)Nc3cc(OC)c(Cl)cc3OC)cc(-c3ccccc3)nc21. The molecule has 0 fully saturated rings. The standard InChI is InChI=1S/C23H21ClN4O3/c1-4-28-22-16(13-25-28)15(10-18(26-22)14-8-6-5-7-9-14)23(29)27-19-12-20(30-2)17(24)11-21(19)31-3/h5-13H,4H2,1-3H3,(H,27,29). The van der Waals surface area contributed by atoms with Gasteiger partial charge in [0.2, 0.25) is 0 Å². The fourth-order valence-electron chi connectivity index (χ4n) is 3.37. The highest BCUT2D eigenvalue weighted by molar-refractivity contribution is 6.32. The number of pyridine rings is 1. The molecule has 1 N–H and O–H groups in total. The monoisotopic (exact) mass is 436 g/mol. The summed E-state index contributed by atoms with van der Waals surface area (Å²) in [6.45, 7) is 2.62. The molecule has 4 aromatic rings. The number of methoxy groups -OCH3 is 2. The first-order valence-corrected chi connectivity index (χ1v) is 10.1. The van der Waals surface area contributed by atoms with Gasteiger partial charge in [0, 0.05) is 24.2 Å². The number of anilines is 1. The van der Waals surface area contributed by atoms with Crippen molar-refractivity contribution in [2.24, 2.45) is 0 Å². The fraction of sp³-hybridized carbons (Fsp3) is 0.174. The number of benzene rings is 2. The van der Waals surface area contributed by atoms with Crippen molar-refractivity contribution in [3.05, 3.63) is 65.3 Å². The Morgan fingerprint density at radius 3 is 2.52 bits per heavy atom. The van der Waals surface area contributed by atoms with Gasteiger partial charge in [-0.3, -0.25) is 4.79 Å². The smallest absolute Gasteiger partial charge is 0.256 e. The zero-order valence-corrected chi connectivity index (χ0v) is 18.1. The summed E-state index contributed by atoms with van der Waals surface area (Å²) in [6, 6.07) is 14.7. The minimum Gasteiger partial charge on any atom is -0.495 e. The topological polar surface area (TPSA) is 78.3 Å². The van der Waals surface area contributed by atoms with Crippen LogP contribution in [-0.4, -0.2) is 34.9 Å². The van der Waals surface area contributed by atoms with E-state index in [0.29, 0.717) is 51.0 Å². The van der Waals surface area contributed by atoms with Crippen LogP contribution in [0.2, 0.25) is 5.02 Å². The molecule has 0 aliphatic heterocycles. The van der Waals surface area contributed by atoms with Crippen LogP contribution in [-0.2, 0) is 6.54 Å². The molecule has 0 radical (unpaired) electrons. The van der Waals surface area contributed by atoms with Gasteiger partial charge in [0.15, 0.2) is 5.65 Å². The highest BCUT2D eigenvalue weighted by atomic mass is 35.5. The predicted molar refractivity (Wildman–Crippen MR) is 121 cm³/mol. The van der Waals surface area contributed by atoms with Crippen LogP contribution in [0.1, 0.15) is 17.3 Å². The van der Waals surface area contributed by atoms with E-state index in [1.807, 2.05) is 37.3 Å². The third-order valence-corrected chi connectivity index (χ3v) is 5.24. The van der Waals surface area contributed by atoms with Gasteiger partial charge in [-0.1, -0.05) is 41.9 Å². The molecule has 0 saturated heterocycles. The summed E-state index contributed by atoms with van der Waals surface area (Å²) in [6.07, 6.45) is 1.66. The molecule has 2 heterocycles. The molecule has 31 heavy (non-hydrogen) atoms. The quantitative estimate of drug-likeness (QED) is 0.458. The second kappa shape index (κ2) is 8.65. The second-order valence-corrected chi connectivity index (χ2v) is 7.17. The number of fused-ring (bicyclic) bond motifs is 1. The van der Waals surface area contributed by atoms with Crippen LogP contribution < -0.4 is 14.8 Å². The molecule has 1 amide bonds. The lowest BCUT2D eigenvalue weighted by Gasteiger charge is -2.14. The van der Waals surface area contributed by atoms with Crippen LogP contribution in [0.25, 0.3) is 22.3 Å². The van der Waals surface area contributed by atoms with E-state index in [1.54, 1.807) is 29.1 Å². The Balaban J connectivity index is 1.82. The minimum absolute atomic E-state index is 0.317. The highest BCUT2D eigenvalue weighted by Crippen LogP contribution is 2.36. The molecular formula is C23H21ClN4O3. The van der Waals surface area contributed by atoms with E-state index in [2.05, 4.69) is 10.4 Å². The number of amides is 1. The zero-order valence-electron chi connectivity index (χ0n) is 17.3. The molecule has 0 aliphatic carbocycles. The number of rotatable bonds is 6. The number of ether oxygens (including phenoxy) is 2. The van der Waals surface area contributed by atoms with Crippen molar-refractivity contribution in [2.75, 3.05) is 19.5 Å².